The van der Waals surface area contributed by atoms with Crippen molar-refractivity contribution in [1.82, 2.24) is 4.98 Å². The average molecular weight is 416 g/mol. The Morgan fingerprint density at radius 1 is 0.867 bits per heavy atom. The first kappa shape index (κ1) is 19.8. The van der Waals surface area contributed by atoms with Crippen LogP contribution < -0.4 is 10.6 Å². The first-order valence-electron chi connectivity index (χ1n) is 9.57. The zero-order valence-corrected chi connectivity index (χ0v) is 17.8. The van der Waals surface area contributed by atoms with Crippen molar-refractivity contribution in [2.24, 2.45) is 0 Å². The fraction of sp³-hybridized carbons (Fsp3) is 0.125. The lowest BCUT2D eigenvalue weighted by atomic mass is 10.1. The number of rotatable bonds is 3. The molecule has 0 unspecified atom stereocenters. The molecule has 0 aliphatic rings. The number of carbonyl (C=O) groups is 2. The number of nitrogens with one attached hydrogen (secondary N) is 2. The van der Waals surface area contributed by atoms with Crippen molar-refractivity contribution in [1.29, 1.82) is 0 Å². The highest BCUT2D eigenvalue weighted by atomic mass is 32.1. The minimum absolute atomic E-state index is 0.553. The van der Waals surface area contributed by atoms with Gasteiger partial charge in [-0.05, 0) is 79.9 Å². The number of thiazole rings is 1. The van der Waals surface area contributed by atoms with Gasteiger partial charge in [-0.15, -0.1) is 11.3 Å². The molecular formula is C24H21N3O2S. The summed E-state index contributed by atoms with van der Waals surface area (Å²) < 4.78 is 1.14. The van der Waals surface area contributed by atoms with Crippen molar-refractivity contribution in [3.05, 3.63) is 77.4 Å². The SMILES string of the molecule is Cc1ccc2nc(-c3ccc(NC(=O)C(=O)Nc4cccc(C)c4C)cc3)sc2c1. The van der Waals surface area contributed by atoms with E-state index >= 15 is 0 Å². The molecule has 1 aromatic heterocycles. The van der Waals surface area contributed by atoms with Crippen LogP contribution in [0.25, 0.3) is 20.8 Å². The number of hydrogen-bond acceptors (Lipinski definition) is 4. The summed E-state index contributed by atoms with van der Waals surface area (Å²) in [5.74, 6) is -1.41. The van der Waals surface area contributed by atoms with Crippen LogP contribution in [0.5, 0.6) is 0 Å². The Morgan fingerprint density at radius 3 is 2.37 bits per heavy atom. The molecule has 4 rings (SSSR count). The van der Waals surface area contributed by atoms with Crippen molar-refractivity contribution >= 4 is 44.7 Å². The lowest BCUT2D eigenvalue weighted by Gasteiger charge is -2.10. The predicted molar refractivity (Wildman–Crippen MR) is 123 cm³/mol. The van der Waals surface area contributed by atoms with Crippen molar-refractivity contribution < 1.29 is 9.59 Å². The molecule has 0 saturated heterocycles. The first-order valence-corrected chi connectivity index (χ1v) is 10.4. The van der Waals surface area contributed by atoms with Gasteiger partial charge in [-0.2, -0.15) is 0 Å². The van der Waals surface area contributed by atoms with E-state index < -0.39 is 11.8 Å². The van der Waals surface area contributed by atoms with Gasteiger partial charge in [0, 0.05) is 16.9 Å². The molecular weight excluding hydrogens is 394 g/mol. The standard InChI is InChI=1S/C24H21N3O2S/c1-14-7-12-20-21(13-14)30-24(27-20)17-8-10-18(11-9-17)25-22(28)23(29)26-19-6-4-5-15(2)16(19)3/h4-13H,1-3H3,(H,25,28)(H,26,29). The number of aryl methyl sites for hydroxylation is 2. The second kappa shape index (κ2) is 8.08. The van der Waals surface area contributed by atoms with Crippen LogP contribution in [0.15, 0.2) is 60.7 Å². The van der Waals surface area contributed by atoms with Gasteiger partial charge in [0.15, 0.2) is 0 Å². The Morgan fingerprint density at radius 2 is 1.60 bits per heavy atom. The molecule has 2 N–H and O–H groups in total. The quantitative estimate of drug-likeness (QED) is 0.436. The molecule has 6 heteroatoms. The van der Waals surface area contributed by atoms with Gasteiger partial charge in [-0.1, -0.05) is 18.2 Å². The van der Waals surface area contributed by atoms with Crippen LogP contribution in [0.2, 0.25) is 0 Å². The van der Waals surface area contributed by atoms with E-state index in [1.807, 2.05) is 50.2 Å². The van der Waals surface area contributed by atoms with E-state index in [4.69, 9.17) is 0 Å². The fourth-order valence-electron chi connectivity index (χ4n) is 3.10. The topological polar surface area (TPSA) is 71.1 Å². The average Bonchev–Trinajstić information content (AvgIpc) is 3.15. The Bertz CT molecular complexity index is 1260. The molecule has 3 aromatic carbocycles. The molecule has 0 aliphatic heterocycles. The summed E-state index contributed by atoms with van der Waals surface area (Å²) in [7, 11) is 0. The molecule has 0 radical (unpaired) electrons. The molecule has 0 fully saturated rings. The van der Waals surface area contributed by atoms with Crippen LogP contribution >= 0.6 is 11.3 Å². The van der Waals surface area contributed by atoms with E-state index in [9.17, 15) is 9.59 Å². The second-order valence-corrected chi connectivity index (χ2v) is 8.25. The maximum absolute atomic E-state index is 12.3. The predicted octanol–water partition coefficient (Wildman–Crippen LogP) is 5.47. The molecule has 30 heavy (non-hydrogen) atoms. The molecule has 150 valence electrons. The maximum Gasteiger partial charge on any atom is 0.314 e. The normalized spacial score (nSPS) is 10.8. The molecule has 0 aliphatic carbocycles. The van der Waals surface area contributed by atoms with Gasteiger partial charge in [-0.3, -0.25) is 9.59 Å². The number of anilines is 2. The number of fused-ring (bicyclic) bond motifs is 1. The molecule has 1 heterocycles. The Kier molecular flexibility index (Phi) is 5.33. The number of nitrogens with zero attached hydrogens (tertiary/aromatic N) is 1. The minimum Gasteiger partial charge on any atom is -0.318 e. The summed E-state index contributed by atoms with van der Waals surface area (Å²) in [6, 6.07) is 19.1. The molecule has 2 amide bonds. The number of hydrogen-bond donors (Lipinski definition) is 2. The smallest absolute Gasteiger partial charge is 0.314 e. The van der Waals surface area contributed by atoms with E-state index in [1.165, 1.54) is 5.56 Å². The number of amides is 2. The minimum atomic E-state index is -0.709. The number of aromatic nitrogens is 1. The van der Waals surface area contributed by atoms with Gasteiger partial charge in [-0.25, -0.2) is 4.98 Å². The van der Waals surface area contributed by atoms with E-state index in [2.05, 4.69) is 28.6 Å². The van der Waals surface area contributed by atoms with E-state index in [-0.39, 0.29) is 0 Å². The molecule has 0 spiro atoms. The lowest BCUT2D eigenvalue weighted by molar-refractivity contribution is -0.133. The highest BCUT2D eigenvalue weighted by Gasteiger charge is 2.15. The van der Waals surface area contributed by atoms with Crippen molar-refractivity contribution in [2.45, 2.75) is 20.8 Å². The third-order valence-electron chi connectivity index (χ3n) is 4.99. The second-order valence-electron chi connectivity index (χ2n) is 7.22. The summed E-state index contributed by atoms with van der Waals surface area (Å²) >= 11 is 1.63. The van der Waals surface area contributed by atoms with Gasteiger partial charge < -0.3 is 10.6 Å². The summed E-state index contributed by atoms with van der Waals surface area (Å²) in [6.45, 7) is 5.93. The van der Waals surface area contributed by atoms with Gasteiger partial charge >= 0.3 is 11.8 Å². The van der Waals surface area contributed by atoms with Gasteiger partial charge in [0.1, 0.15) is 5.01 Å². The van der Waals surface area contributed by atoms with Crippen LogP contribution in [0, 0.1) is 20.8 Å². The zero-order chi connectivity index (χ0) is 21.3. The third-order valence-corrected chi connectivity index (χ3v) is 6.06. The van der Waals surface area contributed by atoms with Gasteiger partial charge in [0.2, 0.25) is 0 Å². The highest BCUT2D eigenvalue weighted by Crippen LogP contribution is 2.31. The zero-order valence-electron chi connectivity index (χ0n) is 16.9. The number of benzene rings is 3. The van der Waals surface area contributed by atoms with Crippen LogP contribution in [0.3, 0.4) is 0 Å². The van der Waals surface area contributed by atoms with Crippen LogP contribution in [0.1, 0.15) is 16.7 Å². The van der Waals surface area contributed by atoms with Gasteiger partial charge in [0.05, 0.1) is 10.2 Å². The molecule has 0 saturated carbocycles. The summed E-state index contributed by atoms with van der Waals surface area (Å²) in [5.41, 5.74) is 6.32. The van der Waals surface area contributed by atoms with Crippen LogP contribution in [-0.2, 0) is 9.59 Å². The van der Waals surface area contributed by atoms with E-state index in [0.717, 1.165) is 31.9 Å². The molecule has 0 atom stereocenters. The van der Waals surface area contributed by atoms with Crippen LogP contribution in [0.4, 0.5) is 11.4 Å². The largest absolute Gasteiger partial charge is 0.318 e. The third kappa shape index (κ3) is 4.09. The summed E-state index contributed by atoms with van der Waals surface area (Å²) in [6.07, 6.45) is 0. The van der Waals surface area contributed by atoms with Crippen LogP contribution in [-0.4, -0.2) is 16.8 Å². The summed E-state index contributed by atoms with van der Waals surface area (Å²) in [4.78, 5) is 29.2. The lowest BCUT2D eigenvalue weighted by Crippen LogP contribution is -2.29. The Balaban J connectivity index is 1.45. The van der Waals surface area contributed by atoms with E-state index in [0.29, 0.717) is 11.4 Å². The van der Waals surface area contributed by atoms with E-state index in [1.54, 1.807) is 29.5 Å². The van der Waals surface area contributed by atoms with Crippen molar-refractivity contribution in [3.8, 4) is 10.6 Å². The number of carbonyl (C=O) groups excluding carboxylic acids is 2. The van der Waals surface area contributed by atoms with Crippen molar-refractivity contribution in [3.63, 3.8) is 0 Å². The van der Waals surface area contributed by atoms with Crippen molar-refractivity contribution in [2.75, 3.05) is 10.6 Å². The molecule has 5 nitrogen and oxygen atoms in total. The highest BCUT2D eigenvalue weighted by molar-refractivity contribution is 7.21. The maximum atomic E-state index is 12.3. The van der Waals surface area contributed by atoms with Gasteiger partial charge in [0.25, 0.3) is 0 Å². The molecule has 0 bridgehead atoms. The summed E-state index contributed by atoms with van der Waals surface area (Å²) in [5, 5.41) is 6.23. The Hall–Kier alpha value is -3.51. The Labute approximate surface area is 178 Å². The monoisotopic (exact) mass is 415 g/mol. The first-order chi connectivity index (χ1) is 14.4. The fourth-order valence-corrected chi connectivity index (χ4v) is 4.17. The molecule has 4 aromatic rings.